The fraction of sp³-hybridized carbons (Fsp3) is 0.750. The van der Waals surface area contributed by atoms with E-state index in [1.54, 1.807) is 0 Å². The Labute approximate surface area is 97.7 Å². The Kier molecular flexibility index (Phi) is 3.49. The lowest BCUT2D eigenvalue weighted by Gasteiger charge is -2.19. The molecule has 1 aliphatic rings. The third kappa shape index (κ3) is 2.55. The second kappa shape index (κ2) is 4.87. The van der Waals surface area contributed by atoms with Gasteiger partial charge in [0, 0.05) is 25.8 Å². The summed E-state index contributed by atoms with van der Waals surface area (Å²) < 4.78 is 2.34. The monoisotopic (exact) mass is 222 g/mol. The van der Waals surface area contributed by atoms with Crippen LogP contribution in [0.25, 0.3) is 0 Å². The highest BCUT2D eigenvalue weighted by Crippen LogP contribution is 2.37. The van der Waals surface area contributed by atoms with E-state index in [4.69, 9.17) is 0 Å². The molecule has 2 rings (SSSR count). The molecule has 0 spiro atoms. The van der Waals surface area contributed by atoms with Gasteiger partial charge in [0.1, 0.15) is 0 Å². The molecule has 1 heterocycles. The van der Waals surface area contributed by atoms with E-state index in [1.807, 2.05) is 7.05 Å². The summed E-state index contributed by atoms with van der Waals surface area (Å²) in [5.41, 5.74) is 1.13. The van der Waals surface area contributed by atoms with Gasteiger partial charge in [0.2, 0.25) is 5.95 Å². The highest BCUT2D eigenvalue weighted by atomic mass is 15.3. The molecule has 4 heteroatoms. The van der Waals surface area contributed by atoms with Crippen LogP contribution in [0, 0.1) is 6.92 Å². The molecule has 1 aromatic rings. The zero-order chi connectivity index (χ0) is 11.5. The number of rotatable bonds is 6. The third-order valence-corrected chi connectivity index (χ3v) is 3.04. The highest BCUT2D eigenvalue weighted by Gasteiger charge is 2.27. The zero-order valence-electron chi connectivity index (χ0n) is 10.5. The predicted molar refractivity (Wildman–Crippen MR) is 67.0 cm³/mol. The SMILES string of the molecule is CNCCCN(C)c1nc(C)cn1C1CC1. The first kappa shape index (κ1) is 11.5. The van der Waals surface area contributed by atoms with Crippen molar-refractivity contribution in [1.82, 2.24) is 14.9 Å². The number of anilines is 1. The van der Waals surface area contributed by atoms with Gasteiger partial charge in [-0.3, -0.25) is 0 Å². The van der Waals surface area contributed by atoms with Gasteiger partial charge >= 0.3 is 0 Å². The lowest BCUT2D eigenvalue weighted by molar-refractivity contribution is 0.672. The molecule has 1 saturated carbocycles. The number of imidazole rings is 1. The van der Waals surface area contributed by atoms with Crippen LogP contribution in [0.15, 0.2) is 6.20 Å². The second-order valence-corrected chi connectivity index (χ2v) is 4.70. The lowest BCUT2D eigenvalue weighted by atomic mass is 10.4. The van der Waals surface area contributed by atoms with Crippen molar-refractivity contribution in [2.75, 3.05) is 32.1 Å². The Morgan fingerprint density at radius 3 is 2.94 bits per heavy atom. The van der Waals surface area contributed by atoms with Gasteiger partial charge in [0.05, 0.1) is 5.69 Å². The van der Waals surface area contributed by atoms with Gasteiger partial charge in [0.25, 0.3) is 0 Å². The maximum absolute atomic E-state index is 4.62. The molecule has 16 heavy (non-hydrogen) atoms. The third-order valence-electron chi connectivity index (χ3n) is 3.04. The van der Waals surface area contributed by atoms with Gasteiger partial charge in [0.15, 0.2) is 0 Å². The summed E-state index contributed by atoms with van der Waals surface area (Å²) in [6.45, 7) is 4.20. The highest BCUT2D eigenvalue weighted by molar-refractivity contribution is 5.33. The molecular weight excluding hydrogens is 200 g/mol. The molecule has 1 aliphatic carbocycles. The molecule has 0 saturated heterocycles. The maximum atomic E-state index is 4.62. The molecule has 1 fully saturated rings. The summed E-state index contributed by atoms with van der Waals surface area (Å²) in [6, 6.07) is 0.711. The van der Waals surface area contributed by atoms with Gasteiger partial charge in [-0.15, -0.1) is 0 Å². The number of aryl methyl sites for hydroxylation is 1. The molecule has 4 nitrogen and oxygen atoms in total. The minimum absolute atomic E-state index is 0.711. The van der Waals surface area contributed by atoms with Crippen LogP contribution in [-0.2, 0) is 0 Å². The number of aromatic nitrogens is 2. The van der Waals surface area contributed by atoms with Crippen molar-refractivity contribution in [2.45, 2.75) is 32.2 Å². The predicted octanol–water partition coefficient (Wildman–Crippen LogP) is 1.57. The van der Waals surface area contributed by atoms with Crippen molar-refractivity contribution in [3.8, 4) is 0 Å². The van der Waals surface area contributed by atoms with Gasteiger partial charge in [-0.05, 0) is 39.8 Å². The van der Waals surface area contributed by atoms with Crippen LogP contribution in [0.4, 0.5) is 5.95 Å². The van der Waals surface area contributed by atoms with Crippen molar-refractivity contribution < 1.29 is 0 Å². The second-order valence-electron chi connectivity index (χ2n) is 4.70. The Balaban J connectivity index is 2.00. The van der Waals surface area contributed by atoms with E-state index in [0.29, 0.717) is 6.04 Å². The topological polar surface area (TPSA) is 33.1 Å². The number of hydrogen-bond donors (Lipinski definition) is 1. The van der Waals surface area contributed by atoms with Gasteiger partial charge < -0.3 is 14.8 Å². The summed E-state index contributed by atoms with van der Waals surface area (Å²) >= 11 is 0. The zero-order valence-corrected chi connectivity index (χ0v) is 10.5. The first-order valence-corrected chi connectivity index (χ1v) is 6.13. The van der Waals surface area contributed by atoms with E-state index < -0.39 is 0 Å². The van der Waals surface area contributed by atoms with Crippen molar-refractivity contribution in [3.63, 3.8) is 0 Å². The van der Waals surface area contributed by atoms with Crippen LogP contribution < -0.4 is 10.2 Å². The Bertz CT molecular complexity index is 341. The van der Waals surface area contributed by atoms with Crippen LogP contribution in [-0.4, -0.2) is 36.7 Å². The van der Waals surface area contributed by atoms with Crippen molar-refractivity contribution in [2.24, 2.45) is 0 Å². The molecule has 0 aliphatic heterocycles. The van der Waals surface area contributed by atoms with Crippen LogP contribution in [0.1, 0.15) is 31.0 Å². The average molecular weight is 222 g/mol. The molecule has 0 radical (unpaired) electrons. The first-order chi connectivity index (χ1) is 7.72. The van der Waals surface area contributed by atoms with E-state index in [0.717, 1.165) is 31.2 Å². The summed E-state index contributed by atoms with van der Waals surface area (Å²) in [4.78, 5) is 6.89. The standard InChI is InChI=1S/C12H22N4/c1-10-9-16(11-5-6-11)12(14-10)15(3)8-4-7-13-2/h9,11,13H,4-8H2,1-3H3. The van der Waals surface area contributed by atoms with Crippen molar-refractivity contribution in [3.05, 3.63) is 11.9 Å². The van der Waals surface area contributed by atoms with E-state index in [9.17, 15) is 0 Å². The molecule has 0 amide bonds. The van der Waals surface area contributed by atoms with Crippen molar-refractivity contribution in [1.29, 1.82) is 0 Å². The van der Waals surface area contributed by atoms with Crippen LogP contribution >= 0.6 is 0 Å². The number of nitrogens with one attached hydrogen (secondary N) is 1. The molecule has 0 unspecified atom stereocenters. The molecule has 90 valence electrons. The molecule has 0 aromatic carbocycles. The van der Waals surface area contributed by atoms with Crippen LogP contribution in [0.5, 0.6) is 0 Å². The average Bonchev–Trinajstić information content (AvgIpc) is 3.02. The fourth-order valence-electron chi connectivity index (χ4n) is 2.00. The normalized spacial score (nSPS) is 15.4. The van der Waals surface area contributed by atoms with E-state index in [-0.39, 0.29) is 0 Å². The first-order valence-electron chi connectivity index (χ1n) is 6.13. The van der Waals surface area contributed by atoms with Gasteiger partial charge in [-0.25, -0.2) is 4.98 Å². The Morgan fingerprint density at radius 2 is 2.31 bits per heavy atom. The molecule has 1 aromatic heterocycles. The van der Waals surface area contributed by atoms with Crippen molar-refractivity contribution >= 4 is 5.95 Å². The Morgan fingerprint density at radius 1 is 1.56 bits per heavy atom. The van der Waals surface area contributed by atoms with E-state index in [2.05, 4.69) is 39.9 Å². The van der Waals surface area contributed by atoms with E-state index in [1.165, 1.54) is 12.8 Å². The number of nitrogens with zero attached hydrogens (tertiary/aromatic N) is 3. The summed E-state index contributed by atoms with van der Waals surface area (Å²) in [7, 11) is 4.13. The van der Waals surface area contributed by atoms with Crippen LogP contribution in [0.2, 0.25) is 0 Å². The molecule has 0 atom stereocenters. The maximum Gasteiger partial charge on any atom is 0.205 e. The molecule has 0 bridgehead atoms. The van der Waals surface area contributed by atoms with Gasteiger partial charge in [-0.1, -0.05) is 0 Å². The fourth-order valence-corrected chi connectivity index (χ4v) is 2.00. The lowest BCUT2D eigenvalue weighted by Crippen LogP contribution is -2.25. The smallest absolute Gasteiger partial charge is 0.205 e. The summed E-state index contributed by atoms with van der Waals surface area (Å²) in [5, 5.41) is 3.18. The van der Waals surface area contributed by atoms with E-state index >= 15 is 0 Å². The largest absolute Gasteiger partial charge is 0.345 e. The Hall–Kier alpha value is -1.03. The number of hydrogen-bond acceptors (Lipinski definition) is 3. The molecule has 1 N–H and O–H groups in total. The summed E-state index contributed by atoms with van der Waals surface area (Å²) in [6.07, 6.45) is 5.96. The van der Waals surface area contributed by atoms with Gasteiger partial charge in [-0.2, -0.15) is 0 Å². The summed E-state index contributed by atoms with van der Waals surface area (Å²) in [5.74, 6) is 1.14. The minimum Gasteiger partial charge on any atom is -0.345 e. The quantitative estimate of drug-likeness (QED) is 0.742. The molecular formula is C12H22N4. The minimum atomic E-state index is 0.711. The van der Waals surface area contributed by atoms with Crippen LogP contribution in [0.3, 0.4) is 0 Å².